The number of imidazole rings is 1. The van der Waals surface area contributed by atoms with Gasteiger partial charge in [0.15, 0.2) is 5.65 Å². The largest absolute Gasteiger partial charge is 0.346 e. The molecule has 90 valence electrons. The second-order valence-electron chi connectivity index (χ2n) is 3.96. The highest BCUT2D eigenvalue weighted by Gasteiger charge is 2.05. The van der Waals surface area contributed by atoms with Gasteiger partial charge in [0.2, 0.25) is 0 Å². The molecule has 18 heavy (non-hydrogen) atoms. The molecule has 3 aromatic rings. The van der Waals surface area contributed by atoms with Crippen LogP contribution in [0.2, 0.25) is 0 Å². The quantitative estimate of drug-likeness (QED) is 0.728. The minimum Gasteiger partial charge on any atom is -0.317 e. The molecule has 0 bridgehead atoms. The maximum Gasteiger partial charge on any atom is 0.346 e. The number of benzene rings is 1. The lowest BCUT2D eigenvalue weighted by atomic mass is 10.2. The molecule has 2 aromatic heterocycles. The van der Waals surface area contributed by atoms with Crippen LogP contribution in [0, 0.1) is 0 Å². The molecule has 0 aliphatic rings. The average molecular weight is 240 g/mol. The van der Waals surface area contributed by atoms with Crippen molar-refractivity contribution in [1.82, 2.24) is 14.6 Å². The Kier molecular flexibility index (Phi) is 2.57. The zero-order valence-electron chi connectivity index (χ0n) is 9.63. The van der Waals surface area contributed by atoms with Gasteiger partial charge in [0.05, 0.1) is 6.54 Å². The van der Waals surface area contributed by atoms with Gasteiger partial charge in [-0.3, -0.25) is 4.98 Å². The normalized spacial score (nSPS) is 10.7. The van der Waals surface area contributed by atoms with Crippen LogP contribution in [0.25, 0.3) is 11.2 Å². The lowest BCUT2D eigenvalue weighted by molar-refractivity contribution is 0.827. The van der Waals surface area contributed by atoms with E-state index in [1.54, 1.807) is 12.3 Å². The lowest BCUT2D eigenvalue weighted by Crippen LogP contribution is -2.26. The van der Waals surface area contributed by atoms with Crippen molar-refractivity contribution in [2.24, 2.45) is 0 Å². The van der Waals surface area contributed by atoms with E-state index in [9.17, 15) is 4.79 Å². The molecule has 0 saturated heterocycles. The Balaban J connectivity index is 1.91. The molecule has 2 N–H and O–H groups in total. The van der Waals surface area contributed by atoms with E-state index in [1.165, 1.54) is 4.68 Å². The van der Waals surface area contributed by atoms with Gasteiger partial charge >= 0.3 is 5.69 Å². The molecule has 0 amide bonds. The third kappa shape index (κ3) is 1.86. The van der Waals surface area contributed by atoms with Crippen LogP contribution in [-0.4, -0.2) is 14.6 Å². The van der Waals surface area contributed by atoms with Gasteiger partial charge in [-0.25, -0.2) is 14.5 Å². The molecular formula is C13H12N4O. The van der Waals surface area contributed by atoms with Crippen molar-refractivity contribution in [3.05, 3.63) is 64.7 Å². The van der Waals surface area contributed by atoms with E-state index in [0.29, 0.717) is 12.2 Å². The summed E-state index contributed by atoms with van der Waals surface area (Å²) in [5.74, 6) is 0. The predicted molar refractivity (Wildman–Crippen MR) is 69.9 cm³/mol. The zero-order chi connectivity index (χ0) is 12.4. The first-order valence-corrected chi connectivity index (χ1v) is 5.68. The van der Waals surface area contributed by atoms with Crippen LogP contribution < -0.4 is 11.1 Å². The van der Waals surface area contributed by atoms with Gasteiger partial charge in [-0.2, -0.15) is 0 Å². The van der Waals surface area contributed by atoms with Crippen LogP contribution in [0.15, 0.2) is 53.5 Å². The number of hydrogen-bond acceptors (Lipinski definition) is 3. The SMILES string of the molecule is O=c1[nH]c2ncccc2n1NCc1ccccc1. The van der Waals surface area contributed by atoms with E-state index in [-0.39, 0.29) is 5.69 Å². The maximum atomic E-state index is 11.8. The Hall–Kier alpha value is -2.56. The van der Waals surface area contributed by atoms with Crippen molar-refractivity contribution in [1.29, 1.82) is 0 Å². The molecule has 0 aliphatic heterocycles. The third-order valence-electron chi connectivity index (χ3n) is 2.74. The number of aromatic nitrogens is 3. The predicted octanol–water partition coefficient (Wildman–Crippen LogP) is 1.47. The number of fused-ring (bicyclic) bond motifs is 1. The summed E-state index contributed by atoms with van der Waals surface area (Å²) in [6, 6.07) is 13.6. The summed E-state index contributed by atoms with van der Waals surface area (Å²) in [5.41, 5.74) is 5.32. The maximum absolute atomic E-state index is 11.8. The standard InChI is InChI=1S/C13H12N4O/c18-13-16-12-11(7-4-8-14-12)17(13)15-9-10-5-2-1-3-6-10/h1-8,15H,9H2,(H,14,16,18). The van der Waals surface area contributed by atoms with Crippen LogP contribution in [-0.2, 0) is 6.54 Å². The fourth-order valence-electron chi connectivity index (χ4n) is 1.86. The summed E-state index contributed by atoms with van der Waals surface area (Å²) < 4.78 is 1.48. The fourth-order valence-corrected chi connectivity index (χ4v) is 1.86. The molecule has 0 saturated carbocycles. The van der Waals surface area contributed by atoms with Crippen LogP contribution in [0.3, 0.4) is 0 Å². The summed E-state index contributed by atoms with van der Waals surface area (Å²) in [5, 5.41) is 0. The molecule has 0 radical (unpaired) electrons. The molecule has 0 aliphatic carbocycles. The van der Waals surface area contributed by atoms with E-state index < -0.39 is 0 Å². The summed E-state index contributed by atoms with van der Waals surface area (Å²) in [6.45, 7) is 0.586. The highest BCUT2D eigenvalue weighted by Crippen LogP contribution is 2.05. The average Bonchev–Trinajstić information content (AvgIpc) is 2.73. The van der Waals surface area contributed by atoms with Crippen molar-refractivity contribution in [3.63, 3.8) is 0 Å². The second-order valence-corrected chi connectivity index (χ2v) is 3.96. The molecule has 5 nitrogen and oxygen atoms in total. The molecule has 0 atom stereocenters. The number of aromatic amines is 1. The van der Waals surface area contributed by atoms with Crippen LogP contribution in [0.5, 0.6) is 0 Å². The van der Waals surface area contributed by atoms with E-state index in [4.69, 9.17) is 0 Å². The molecular weight excluding hydrogens is 228 g/mol. The highest BCUT2D eigenvalue weighted by atomic mass is 16.2. The van der Waals surface area contributed by atoms with Crippen LogP contribution in [0.1, 0.15) is 5.56 Å². The first-order chi connectivity index (χ1) is 8.84. The van der Waals surface area contributed by atoms with Gasteiger partial charge in [0.1, 0.15) is 5.52 Å². The van der Waals surface area contributed by atoms with E-state index >= 15 is 0 Å². The Labute approximate surface area is 103 Å². The highest BCUT2D eigenvalue weighted by molar-refractivity contribution is 5.70. The van der Waals surface area contributed by atoms with Gasteiger partial charge in [-0.05, 0) is 17.7 Å². The molecule has 5 heteroatoms. The van der Waals surface area contributed by atoms with E-state index in [1.807, 2.05) is 36.4 Å². The van der Waals surface area contributed by atoms with E-state index in [2.05, 4.69) is 15.4 Å². The zero-order valence-corrected chi connectivity index (χ0v) is 9.63. The molecule has 0 unspecified atom stereocenters. The second kappa shape index (κ2) is 4.37. The third-order valence-corrected chi connectivity index (χ3v) is 2.74. The number of hydrogen-bond donors (Lipinski definition) is 2. The minimum absolute atomic E-state index is 0.209. The fraction of sp³-hybridized carbons (Fsp3) is 0.0769. The summed E-state index contributed by atoms with van der Waals surface area (Å²) in [7, 11) is 0. The number of nitrogens with one attached hydrogen (secondary N) is 2. The van der Waals surface area contributed by atoms with Crippen LogP contribution >= 0.6 is 0 Å². The number of H-pyrrole nitrogens is 1. The lowest BCUT2D eigenvalue weighted by Gasteiger charge is -2.06. The molecule has 0 spiro atoms. The monoisotopic (exact) mass is 240 g/mol. The van der Waals surface area contributed by atoms with Gasteiger partial charge in [-0.15, -0.1) is 0 Å². The van der Waals surface area contributed by atoms with Crippen molar-refractivity contribution in [3.8, 4) is 0 Å². The van der Waals surface area contributed by atoms with Gasteiger partial charge in [0.25, 0.3) is 0 Å². The number of pyridine rings is 1. The first-order valence-electron chi connectivity index (χ1n) is 5.68. The van der Waals surface area contributed by atoms with Gasteiger partial charge < -0.3 is 5.43 Å². The number of rotatable bonds is 3. The summed E-state index contributed by atoms with van der Waals surface area (Å²) in [4.78, 5) is 18.6. The summed E-state index contributed by atoms with van der Waals surface area (Å²) >= 11 is 0. The molecule has 3 rings (SSSR count). The van der Waals surface area contributed by atoms with Crippen LogP contribution in [0.4, 0.5) is 0 Å². The van der Waals surface area contributed by atoms with Crippen molar-refractivity contribution in [2.45, 2.75) is 6.54 Å². The smallest absolute Gasteiger partial charge is 0.317 e. The number of nitrogens with zero attached hydrogens (tertiary/aromatic N) is 2. The van der Waals surface area contributed by atoms with Crippen molar-refractivity contribution in [2.75, 3.05) is 5.43 Å². The first kappa shape index (κ1) is 10.6. The summed E-state index contributed by atoms with van der Waals surface area (Å²) in [6.07, 6.45) is 1.65. The molecule has 0 fully saturated rings. The van der Waals surface area contributed by atoms with Gasteiger partial charge in [-0.1, -0.05) is 30.3 Å². The van der Waals surface area contributed by atoms with Crippen molar-refractivity contribution >= 4 is 11.2 Å². The topological polar surface area (TPSA) is 62.7 Å². The Morgan fingerprint density at radius 1 is 1.17 bits per heavy atom. The Morgan fingerprint density at radius 3 is 2.83 bits per heavy atom. The van der Waals surface area contributed by atoms with Crippen molar-refractivity contribution < 1.29 is 0 Å². The van der Waals surface area contributed by atoms with E-state index in [0.717, 1.165) is 11.1 Å². The Bertz CT molecular complexity index is 714. The minimum atomic E-state index is -0.209. The van der Waals surface area contributed by atoms with Gasteiger partial charge in [0, 0.05) is 6.20 Å². The molecule has 2 heterocycles. The Morgan fingerprint density at radius 2 is 2.00 bits per heavy atom. The molecule has 1 aromatic carbocycles.